The van der Waals surface area contributed by atoms with Crippen molar-refractivity contribution in [1.29, 1.82) is 5.26 Å². The van der Waals surface area contributed by atoms with E-state index in [1.165, 1.54) is 18.2 Å². The highest BCUT2D eigenvalue weighted by molar-refractivity contribution is 7.89. The van der Waals surface area contributed by atoms with Gasteiger partial charge in [0.2, 0.25) is 10.0 Å². The van der Waals surface area contributed by atoms with Gasteiger partial charge in [0.25, 0.3) is 0 Å². The lowest BCUT2D eigenvalue weighted by atomic mass is 10.1. The third-order valence-corrected chi connectivity index (χ3v) is 4.74. The van der Waals surface area contributed by atoms with Crippen molar-refractivity contribution < 1.29 is 8.42 Å². The Morgan fingerprint density at radius 1 is 1.45 bits per heavy atom. The summed E-state index contributed by atoms with van der Waals surface area (Å²) in [4.78, 5) is 0.0491. The van der Waals surface area contributed by atoms with Crippen molar-refractivity contribution in [2.24, 2.45) is 0 Å². The maximum atomic E-state index is 12.1. The summed E-state index contributed by atoms with van der Waals surface area (Å²) in [6.07, 6.45) is 2.81. The van der Waals surface area contributed by atoms with Gasteiger partial charge in [-0.1, -0.05) is 23.3 Å². The molecule has 0 saturated carbocycles. The van der Waals surface area contributed by atoms with Crippen molar-refractivity contribution in [2.45, 2.75) is 11.3 Å². The Balaban J connectivity index is 2.14. The Hall–Kier alpha value is -1.39. The molecule has 106 valence electrons. The van der Waals surface area contributed by atoms with Crippen LogP contribution in [0.3, 0.4) is 0 Å². The van der Waals surface area contributed by atoms with Gasteiger partial charge < -0.3 is 5.32 Å². The third-order valence-electron chi connectivity index (χ3n) is 3.02. The minimum Gasteiger partial charge on any atom is -0.313 e. The van der Waals surface area contributed by atoms with Gasteiger partial charge in [-0.25, -0.2) is 13.1 Å². The molecular weight excluding hydrogens is 298 g/mol. The van der Waals surface area contributed by atoms with Crippen LogP contribution in [0.2, 0.25) is 5.02 Å². The lowest BCUT2D eigenvalue weighted by molar-refractivity contribution is 0.582. The zero-order valence-corrected chi connectivity index (χ0v) is 12.3. The lowest BCUT2D eigenvalue weighted by Crippen LogP contribution is -2.29. The molecule has 0 radical (unpaired) electrons. The van der Waals surface area contributed by atoms with Crippen LogP contribution in [0.5, 0.6) is 0 Å². The predicted molar refractivity (Wildman–Crippen MR) is 76.9 cm³/mol. The molecule has 1 aromatic carbocycles. The van der Waals surface area contributed by atoms with Crippen molar-refractivity contribution in [3.63, 3.8) is 0 Å². The normalized spacial score (nSPS) is 15.5. The standard InChI is InChI=1S/C13H14ClN3O2S/c14-13-2-1-12(7-11(13)8-15)20(18,19)17-9-10-3-5-16-6-4-10/h1-3,7,16-17H,4-6,9H2. The number of halogens is 1. The Bertz CT molecular complexity index is 677. The maximum absolute atomic E-state index is 12.1. The van der Waals surface area contributed by atoms with Crippen LogP contribution >= 0.6 is 11.6 Å². The second-order valence-electron chi connectivity index (χ2n) is 4.39. The van der Waals surface area contributed by atoms with E-state index in [1.807, 2.05) is 12.1 Å². The largest absolute Gasteiger partial charge is 0.313 e. The third kappa shape index (κ3) is 3.58. The maximum Gasteiger partial charge on any atom is 0.240 e. The second kappa shape index (κ2) is 6.37. The summed E-state index contributed by atoms with van der Waals surface area (Å²) >= 11 is 5.79. The molecule has 2 N–H and O–H groups in total. The summed E-state index contributed by atoms with van der Waals surface area (Å²) in [5, 5.41) is 12.3. The summed E-state index contributed by atoms with van der Waals surface area (Å²) in [7, 11) is -3.63. The van der Waals surface area contributed by atoms with Crippen molar-refractivity contribution in [3.05, 3.63) is 40.4 Å². The van der Waals surface area contributed by atoms with Crippen molar-refractivity contribution in [3.8, 4) is 6.07 Å². The molecule has 0 fully saturated rings. The minimum atomic E-state index is -3.63. The Kier molecular flexibility index (Phi) is 4.78. The zero-order valence-electron chi connectivity index (χ0n) is 10.7. The molecule has 1 heterocycles. The van der Waals surface area contributed by atoms with Crippen LogP contribution in [0.1, 0.15) is 12.0 Å². The average molecular weight is 312 g/mol. The molecular formula is C13H14ClN3O2S. The molecule has 7 heteroatoms. The first-order valence-corrected chi connectivity index (χ1v) is 7.97. The van der Waals surface area contributed by atoms with Crippen LogP contribution < -0.4 is 10.0 Å². The van der Waals surface area contributed by atoms with Gasteiger partial charge in [-0.05, 0) is 31.2 Å². The smallest absolute Gasteiger partial charge is 0.240 e. The van der Waals surface area contributed by atoms with Gasteiger partial charge in [0.15, 0.2) is 0 Å². The SMILES string of the molecule is N#Cc1cc(S(=O)(=O)NCC2=CCNCC2)ccc1Cl. The van der Waals surface area contributed by atoms with Crippen molar-refractivity contribution in [2.75, 3.05) is 19.6 Å². The number of benzene rings is 1. The minimum absolute atomic E-state index is 0.0491. The molecule has 0 aliphatic carbocycles. The fourth-order valence-corrected chi connectivity index (χ4v) is 3.08. The van der Waals surface area contributed by atoms with Gasteiger partial charge in [0.05, 0.1) is 15.5 Å². The van der Waals surface area contributed by atoms with Crippen LogP contribution in [0.25, 0.3) is 0 Å². The molecule has 1 aliphatic heterocycles. The Labute approximate surface area is 123 Å². The first-order valence-electron chi connectivity index (χ1n) is 6.11. The Morgan fingerprint density at radius 2 is 2.25 bits per heavy atom. The van der Waals surface area contributed by atoms with E-state index in [4.69, 9.17) is 16.9 Å². The van der Waals surface area contributed by atoms with Crippen molar-refractivity contribution >= 4 is 21.6 Å². The van der Waals surface area contributed by atoms with Gasteiger partial charge in [0.1, 0.15) is 6.07 Å². The topological polar surface area (TPSA) is 82.0 Å². The van der Waals surface area contributed by atoms with E-state index >= 15 is 0 Å². The molecule has 0 aromatic heterocycles. The zero-order chi connectivity index (χ0) is 14.6. The molecule has 5 nitrogen and oxygen atoms in total. The highest BCUT2D eigenvalue weighted by atomic mass is 35.5. The van der Waals surface area contributed by atoms with Crippen LogP contribution in [0.15, 0.2) is 34.7 Å². The summed E-state index contributed by atoms with van der Waals surface area (Å²) in [5.74, 6) is 0. The first kappa shape index (κ1) is 15.0. The molecule has 0 bridgehead atoms. The summed E-state index contributed by atoms with van der Waals surface area (Å²) < 4.78 is 26.8. The molecule has 1 aliphatic rings. The van der Waals surface area contributed by atoms with Crippen LogP contribution in [-0.2, 0) is 10.0 Å². The molecule has 0 saturated heterocycles. The van der Waals surface area contributed by atoms with Gasteiger partial charge in [-0.2, -0.15) is 5.26 Å². The number of hydrogen-bond acceptors (Lipinski definition) is 4. The summed E-state index contributed by atoms with van der Waals surface area (Å²) in [6, 6.07) is 5.95. The highest BCUT2D eigenvalue weighted by Gasteiger charge is 2.16. The van der Waals surface area contributed by atoms with E-state index < -0.39 is 10.0 Å². The lowest BCUT2D eigenvalue weighted by Gasteiger charge is -2.14. The number of sulfonamides is 1. The van der Waals surface area contributed by atoms with Crippen LogP contribution in [0, 0.1) is 11.3 Å². The predicted octanol–water partition coefficient (Wildman–Crippen LogP) is 1.41. The second-order valence-corrected chi connectivity index (χ2v) is 6.57. The Morgan fingerprint density at radius 3 is 2.90 bits per heavy atom. The van der Waals surface area contributed by atoms with E-state index in [0.717, 1.165) is 25.1 Å². The monoisotopic (exact) mass is 311 g/mol. The summed E-state index contributed by atoms with van der Waals surface area (Å²) in [6.45, 7) is 1.90. The average Bonchev–Trinajstić information content (AvgIpc) is 2.46. The van der Waals surface area contributed by atoms with E-state index in [0.29, 0.717) is 0 Å². The number of rotatable bonds is 4. The van der Waals surface area contributed by atoms with Gasteiger partial charge in [-0.15, -0.1) is 0 Å². The van der Waals surface area contributed by atoms with E-state index in [-0.39, 0.29) is 22.0 Å². The van der Waals surface area contributed by atoms with Crippen LogP contribution in [-0.4, -0.2) is 28.1 Å². The molecule has 1 aromatic rings. The number of hydrogen-bond donors (Lipinski definition) is 2. The van der Waals surface area contributed by atoms with Crippen molar-refractivity contribution in [1.82, 2.24) is 10.0 Å². The van der Waals surface area contributed by atoms with Crippen LogP contribution in [0.4, 0.5) is 0 Å². The molecule has 0 unspecified atom stereocenters. The van der Waals surface area contributed by atoms with Gasteiger partial charge >= 0.3 is 0 Å². The van der Waals surface area contributed by atoms with E-state index in [2.05, 4.69) is 10.0 Å². The summed E-state index contributed by atoms with van der Waals surface area (Å²) in [5.41, 5.74) is 1.21. The number of nitriles is 1. The fourth-order valence-electron chi connectivity index (χ4n) is 1.86. The van der Waals surface area contributed by atoms with E-state index in [9.17, 15) is 8.42 Å². The quantitative estimate of drug-likeness (QED) is 0.824. The fraction of sp³-hybridized carbons (Fsp3) is 0.308. The van der Waals surface area contributed by atoms with E-state index in [1.54, 1.807) is 0 Å². The first-order chi connectivity index (χ1) is 9.53. The highest BCUT2D eigenvalue weighted by Crippen LogP contribution is 2.19. The molecule has 0 spiro atoms. The number of nitrogens with one attached hydrogen (secondary N) is 2. The molecule has 0 amide bonds. The van der Waals surface area contributed by atoms with Gasteiger partial charge in [0, 0.05) is 13.1 Å². The molecule has 2 rings (SSSR count). The molecule has 0 atom stereocenters. The number of nitrogens with zero attached hydrogens (tertiary/aromatic N) is 1. The van der Waals surface area contributed by atoms with Gasteiger partial charge in [-0.3, -0.25) is 0 Å². The molecule has 20 heavy (non-hydrogen) atoms.